The summed E-state index contributed by atoms with van der Waals surface area (Å²) in [6.45, 7) is 5.51. The van der Waals surface area contributed by atoms with Crippen LogP contribution in [0.4, 0.5) is 0 Å². The van der Waals surface area contributed by atoms with Gasteiger partial charge in [-0.05, 0) is 12.8 Å². The molecule has 1 rings (SSSR count). The molecule has 1 N–H and O–H groups in total. The van der Waals surface area contributed by atoms with E-state index in [9.17, 15) is 4.79 Å². The van der Waals surface area contributed by atoms with Crippen LogP contribution in [0.1, 0.15) is 41.6 Å². The minimum absolute atomic E-state index is 0.113. The lowest BCUT2D eigenvalue weighted by Gasteiger charge is -2.07. The standard InChI is InChI=1S/C9H12N2O2/c1-5(2)7-4-10-6(3)11-8(7)9(12)13/h4-5H,1-3H3,(H,12,13). The summed E-state index contributed by atoms with van der Waals surface area (Å²) in [6.07, 6.45) is 1.58. The van der Waals surface area contributed by atoms with Gasteiger partial charge in [-0.2, -0.15) is 0 Å². The predicted octanol–water partition coefficient (Wildman–Crippen LogP) is 1.61. The number of hydrogen-bond donors (Lipinski definition) is 1. The molecular formula is C9H12N2O2. The maximum absolute atomic E-state index is 10.8. The Kier molecular flexibility index (Phi) is 2.60. The first-order chi connectivity index (χ1) is 6.02. The van der Waals surface area contributed by atoms with Crippen molar-refractivity contribution in [1.29, 1.82) is 0 Å². The van der Waals surface area contributed by atoms with E-state index in [0.29, 0.717) is 11.4 Å². The highest BCUT2D eigenvalue weighted by Gasteiger charge is 2.14. The Hall–Kier alpha value is -1.45. The third-order valence-electron chi connectivity index (χ3n) is 1.76. The van der Waals surface area contributed by atoms with Crippen LogP contribution in [0.2, 0.25) is 0 Å². The number of aromatic nitrogens is 2. The van der Waals surface area contributed by atoms with E-state index in [0.717, 1.165) is 0 Å². The molecule has 0 atom stereocenters. The maximum Gasteiger partial charge on any atom is 0.354 e. The van der Waals surface area contributed by atoms with Crippen LogP contribution in [0.5, 0.6) is 0 Å². The van der Waals surface area contributed by atoms with Crippen LogP contribution in [-0.4, -0.2) is 21.0 Å². The fourth-order valence-electron chi connectivity index (χ4n) is 1.07. The Morgan fingerprint density at radius 2 is 2.15 bits per heavy atom. The van der Waals surface area contributed by atoms with Gasteiger partial charge in [-0.15, -0.1) is 0 Å². The Morgan fingerprint density at radius 1 is 1.54 bits per heavy atom. The van der Waals surface area contributed by atoms with Gasteiger partial charge < -0.3 is 5.11 Å². The molecule has 0 amide bonds. The fraction of sp³-hybridized carbons (Fsp3) is 0.444. The Morgan fingerprint density at radius 3 is 2.62 bits per heavy atom. The number of carbonyl (C=O) groups is 1. The van der Waals surface area contributed by atoms with Crippen molar-refractivity contribution in [2.45, 2.75) is 26.7 Å². The van der Waals surface area contributed by atoms with Crippen molar-refractivity contribution >= 4 is 5.97 Å². The molecule has 0 spiro atoms. The van der Waals surface area contributed by atoms with Crippen LogP contribution in [0.25, 0.3) is 0 Å². The number of nitrogens with zero attached hydrogens (tertiary/aromatic N) is 2. The van der Waals surface area contributed by atoms with Crippen molar-refractivity contribution in [3.63, 3.8) is 0 Å². The number of hydrogen-bond acceptors (Lipinski definition) is 3. The first-order valence-corrected chi connectivity index (χ1v) is 4.09. The van der Waals surface area contributed by atoms with E-state index in [4.69, 9.17) is 5.11 Å². The van der Waals surface area contributed by atoms with E-state index in [1.54, 1.807) is 13.1 Å². The maximum atomic E-state index is 10.8. The van der Waals surface area contributed by atoms with Gasteiger partial charge >= 0.3 is 5.97 Å². The summed E-state index contributed by atoms with van der Waals surface area (Å²) in [5.41, 5.74) is 0.792. The fourth-order valence-corrected chi connectivity index (χ4v) is 1.07. The van der Waals surface area contributed by atoms with Gasteiger partial charge in [0.15, 0.2) is 5.69 Å². The molecule has 0 unspecified atom stereocenters. The molecule has 1 aromatic rings. The summed E-state index contributed by atoms with van der Waals surface area (Å²) in [4.78, 5) is 18.6. The molecule has 4 nitrogen and oxygen atoms in total. The third kappa shape index (κ3) is 2.02. The van der Waals surface area contributed by atoms with E-state index in [1.807, 2.05) is 13.8 Å². The number of carboxylic acids is 1. The lowest BCUT2D eigenvalue weighted by atomic mass is 10.0. The van der Waals surface area contributed by atoms with Gasteiger partial charge in [0.1, 0.15) is 5.82 Å². The average molecular weight is 180 g/mol. The molecule has 4 heteroatoms. The molecule has 0 aliphatic rings. The minimum Gasteiger partial charge on any atom is -0.477 e. The highest BCUT2D eigenvalue weighted by atomic mass is 16.4. The summed E-state index contributed by atoms with van der Waals surface area (Å²) in [7, 11) is 0. The molecule has 0 aliphatic carbocycles. The van der Waals surface area contributed by atoms with Gasteiger partial charge in [-0.3, -0.25) is 0 Å². The monoisotopic (exact) mass is 180 g/mol. The van der Waals surface area contributed by atoms with Crippen LogP contribution < -0.4 is 0 Å². The van der Waals surface area contributed by atoms with Crippen LogP contribution in [-0.2, 0) is 0 Å². The summed E-state index contributed by atoms with van der Waals surface area (Å²) in [5.74, 6) is -0.372. The second-order valence-corrected chi connectivity index (χ2v) is 3.18. The second-order valence-electron chi connectivity index (χ2n) is 3.18. The van der Waals surface area contributed by atoms with Crippen LogP contribution in [0.3, 0.4) is 0 Å². The number of aryl methyl sites for hydroxylation is 1. The zero-order chi connectivity index (χ0) is 10.0. The number of carboxylic acid groups (broad SMARTS) is 1. The molecule has 0 aromatic carbocycles. The van der Waals surface area contributed by atoms with Crippen molar-refractivity contribution in [1.82, 2.24) is 9.97 Å². The van der Waals surface area contributed by atoms with Gasteiger partial charge in [0.05, 0.1) is 0 Å². The van der Waals surface area contributed by atoms with Crippen molar-refractivity contribution in [3.8, 4) is 0 Å². The predicted molar refractivity (Wildman–Crippen MR) is 47.8 cm³/mol. The van der Waals surface area contributed by atoms with Crippen molar-refractivity contribution in [2.24, 2.45) is 0 Å². The van der Waals surface area contributed by atoms with Gasteiger partial charge in [0.25, 0.3) is 0 Å². The first-order valence-electron chi connectivity index (χ1n) is 4.09. The van der Waals surface area contributed by atoms with E-state index >= 15 is 0 Å². The molecular weight excluding hydrogens is 168 g/mol. The van der Waals surface area contributed by atoms with E-state index < -0.39 is 5.97 Å². The molecule has 1 heterocycles. The number of rotatable bonds is 2. The highest BCUT2D eigenvalue weighted by Crippen LogP contribution is 2.16. The normalized spacial score (nSPS) is 10.5. The van der Waals surface area contributed by atoms with Crippen molar-refractivity contribution in [3.05, 3.63) is 23.3 Å². The lowest BCUT2D eigenvalue weighted by molar-refractivity contribution is 0.0688. The molecule has 0 saturated carbocycles. The Labute approximate surface area is 76.7 Å². The molecule has 0 radical (unpaired) electrons. The SMILES string of the molecule is Cc1ncc(C(C)C)c(C(=O)O)n1. The molecule has 0 bridgehead atoms. The topological polar surface area (TPSA) is 63.1 Å². The molecule has 70 valence electrons. The van der Waals surface area contributed by atoms with Gasteiger partial charge in [0, 0.05) is 11.8 Å². The van der Waals surface area contributed by atoms with Crippen molar-refractivity contribution < 1.29 is 9.90 Å². The molecule has 0 aliphatic heterocycles. The smallest absolute Gasteiger partial charge is 0.354 e. The molecule has 13 heavy (non-hydrogen) atoms. The van der Waals surface area contributed by atoms with E-state index in [-0.39, 0.29) is 11.6 Å². The minimum atomic E-state index is -0.991. The quantitative estimate of drug-likeness (QED) is 0.750. The average Bonchev–Trinajstić information content (AvgIpc) is 2.03. The van der Waals surface area contributed by atoms with Gasteiger partial charge in [0.2, 0.25) is 0 Å². The highest BCUT2D eigenvalue weighted by molar-refractivity contribution is 5.87. The largest absolute Gasteiger partial charge is 0.477 e. The zero-order valence-electron chi connectivity index (χ0n) is 7.90. The first kappa shape index (κ1) is 9.64. The molecule has 0 saturated heterocycles. The van der Waals surface area contributed by atoms with E-state index in [2.05, 4.69) is 9.97 Å². The zero-order valence-corrected chi connectivity index (χ0v) is 7.90. The Balaban J connectivity index is 3.27. The molecule has 1 aromatic heterocycles. The summed E-state index contributed by atoms with van der Waals surface area (Å²) in [5, 5.41) is 8.85. The number of aromatic carboxylic acids is 1. The Bertz CT molecular complexity index is 334. The van der Waals surface area contributed by atoms with Gasteiger partial charge in [-0.1, -0.05) is 13.8 Å². The summed E-state index contributed by atoms with van der Waals surface area (Å²) < 4.78 is 0. The van der Waals surface area contributed by atoms with Crippen LogP contribution in [0, 0.1) is 6.92 Å². The van der Waals surface area contributed by atoms with Crippen LogP contribution in [0.15, 0.2) is 6.20 Å². The van der Waals surface area contributed by atoms with Crippen molar-refractivity contribution in [2.75, 3.05) is 0 Å². The van der Waals surface area contributed by atoms with E-state index in [1.165, 1.54) is 0 Å². The van der Waals surface area contributed by atoms with Gasteiger partial charge in [-0.25, -0.2) is 14.8 Å². The lowest BCUT2D eigenvalue weighted by Crippen LogP contribution is -2.09. The second kappa shape index (κ2) is 3.51. The summed E-state index contributed by atoms with van der Waals surface area (Å²) in [6, 6.07) is 0. The summed E-state index contributed by atoms with van der Waals surface area (Å²) >= 11 is 0. The van der Waals surface area contributed by atoms with Crippen LogP contribution >= 0.6 is 0 Å². The molecule has 0 fully saturated rings. The third-order valence-corrected chi connectivity index (χ3v) is 1.76.